The van der Waals surface area contributed by atoms with E-state index in [0.717, 1.165) is 6.42 Å². The van der Waals surface area contributed by atoms with Crippen LogP contribution in [0.15, 0.2) is 12.4 Å². The first-order chi connectivity index (χ1) is 7.18. The van der Waals surface area contributed by atoms with Gasteiger partial charge < -0.3 is 5.73 Å². The Balaban J connectivity index is 2.02. The molecule has 1 aliphatic carbocycles. The summed E-state index contributed by atoms with van der Waals surface area (Å²) in [4.78, 5) is 0. The van der Waals surface area contributed by atoms with E-state index in [0.29, 0.717) is 0 Å². The lowest BCUT2D eigenvalue weighted by atomic mass is 9.86. The number of hydrogen-bond donors (Lipinski definition) is 1. The van der Waals surface area contributed by atoms with Gasteiger partial charge in [-0.25, -0.2) is 0 Å². The molecule has 1 fully saturated rings. The lowest BCUT2D eigenvalue weighted by molar-refractivity contribution is 0.369. The van der Waals surface area contributed by atoms with E-state index >= 15 is 0 Å². The molecular formula is C12H21N3. The third kappa shape index (κ3) is 2.81. The van der Waals surface area contributed by atoms with E-state index in [4.69, 9.17) is 5.73 Å². The Morgan fingerprint density at radius 3 is 2.53 bits per heavy atom. The van der Waals surface area contributed by atoms with Crippen LogP contribution in [0, 0.1) is 0 Å². The summed E-state index contributed by atoms with van der Waals surface area (Å²) in [5.74, 6) is 0. The van der Waals surface area contributed by atoms with Crippen LogP contribution in [0.5, 0.6) is 0 Å². The van der Waals surface area contributed by atoms with Gasteiger partial charge >= 0.3 is 0 Å². The monoisotopic (exact) mass is 207 g/mol. The Kier molecular flexibility index (Phi) is 3.10. The molecule has 0 amide bonds. The van der Waals surface area contributed by atoms with E-state index < -0.39 is 0 Å². The lowest BCUT2D eigenvalue weighted by Crippen LogP contribution is -2.41. The van der Waals surface area contributed by atoms with E-state index in [1.807, 2.05) is 17.9 Å². The van der Waals surface area contributed by atoms with Gasteiger partial charge in [-0.05, 0) is 24.8 Å². The second-order valence-corrected chi connectivity index (χ2v) is 4.98. The number of aryl methyl sites for hydroxylation is 1. The normalized spacial score (nSPS) is 21.2. The Bertz CT molecular complexity index is 308. The maximum atomic E-state index is 6.46. The number of hydrogen-bond acceptors (Lipinski definition) is 2. The van der Waals surface area contributed by atoms with Gasteiger partial charge in [0.1, 0.15) is 0 Å². The van der Waals surface area contributed by atoms with Gasteiger partial charge in [-0.15, -0.1) is 0 Å². The minimum atomic E-state index is 0.0273. The number of nitrogens with two attached hydrogens (primary N) is 1. The second-order valence-electron chi connectivity index (χ2n) is 4.98. The van der Waals surface area contributed by atoms with Gasteiger partial charge in [-0.1, -0.05) is 25.7 Å². The lowest BCUT2D eigenvalue weighted by Gasteiger charge is -2.27. The maximum absolute atomic E-state index is 6.46. The summed E-state index contributed by atoms with van der Waals surface area (Å²) in [6, 6.07) is 0. The van der Waals surface area contributed by atoms with Crippen LogP contribution in [0.2, 0.25) is 0 Å². The summed E-state index contributed by atoms with van der Waals surface area (Å²) in [5.41, 5.74) is 7.77. The van der Waals surface area contributed by atoms with Crippen molar-refractivity contribution in [1.82, 2.24) is 9.78 Å². The van der Waals surface area contributed by atoms with Gasteiger partial charge in [0.05, 0.1) is 6.20 Å². The van der Waals surface area contributed by atoms with Gasteiger partial charge in [0, 0.05) is 18.8 Å². The van der Waals surface area contributed by atoms with Crippen LogP contribution >= 0.6 is 0 Å². The summed E-state index contributed by atoms with van der Waals surface area (Å²) >= 11 is 0. The van der Waals surface area contributed by atoms with Crippen LogP contribution in [0.1, 0.15) is 44.1 Å². The summed E-state index contributed by atoms with van der Waals surface area (Å²) in [6.07, 6.45) is 12.6. The molecule has 0 saturated heterocycles. The Morgan fingerprint density at radius 1 is 1.33 bits per heavy atom. The van der Waals surface area contributed by atoms with E-state index in [-0.39, 0.29) is 5.54 Å². The molecule has 3 nitrogen and oxygen atoms in total. The topological polar surface area (TPSA) is 43.8 Å². The minimum Gasteiger partial charge on any atom is -0.325 e. The van der Waals surface area contributed by atoms with Crippen molar-refractivity contribution in [3.63, 3.8) is 0 Å². The fraction of sp³-hybridized carbons (Fsp3) is 0.750. The fourth-order valence-corrected chi connectivity index (χ4v) is 2.58. The average Bonchev–Trinajstić information content (AvgIpc) is 2.46. The smallest absolute Gasteiger partial charge is 0.0522 e. The quantitative estimate of drug-likeness (QED) is 0.754. The fourth-order valence-electron chi connectivity index (χ4n) is 2.58. The third-order valence-corrected chi connectivity index (χ3v) is 3.41. The van der Waals surface area contributed by atoms with Crippen LogP contribution in [0.25, 0.3) is 0 Å². The average molecular weight is 207 g/mol. The Morgan fingerprint density at radius 2 is 2.00 bits per heavy atom. The van der Waals surface area contributed by atoms with Crippen LogP contribution < -0.4 is 5.73 Å². The van der Waals surface area contributed by atoms with Crippen molar-refractivity contribution in [2.75, 3.05) is 0 Å². The van der Waals surface area contributed by atoms with Gasteiger partial charge in [0.15, 0.2) is 0 Å². The van der Waals surface area contributed by atoms with Crippen LogP contribution in [0.4, 0.5) is 0 Å². The highest BCUT2D eigenvalue weighted by Crippen LogP contribution is 2.27. The molecular weight excluding hydrogens is 186 g/mol. The van der Waals surface area contributed by atoms with Crippen molar-refractivity contribution in [3.8, 4) is 0 Å². The molecule has 0 atom stereocenters. The first-order valence-electron chi connectivity index (χ1n) is 5.94. The molecule has 1 saturated carbocycles. The molecule has 0 radical (unpaired) electrons. The van der Waals surface area contributed by atoms with Crippen molar-refractivity contribution in [2.24, 2.45) is 12.8 Å². The van der Waals surface area contributed by atoms with E-state index in [1.54, 1.807) is 0 Å². The summed E-state index contributed by atoms with van der Waals surface area (Å²) in [6.45, 7) is 0. The van der Waals surface area contributed by atoms with Gasteiger partial charge in [-0.3, -0.25) is 4.68 Å². The summed E-state index contributed by atoms with van der Waals surface area (Å²) in [7, 11) is 1.96. The summed E-state index contributed by atoms with van der Waals surface area (Å²) in [5, 5.41) is 4.20. The van der Waals surface area contributed by atoms with E-state index in [1.165, 1.54) is 44.1 Å². The number of aromatic nitrogens is 2. The molecule has 1 aromatic rings. The highest BCUT2D eigenvalue weighted by molar-refractivity contribution is 5.09. The van der Waals surface area contributed by atoms with Crippen LogP contribution in [-0.2, 0) is 13.5 Å². The molecule has 1 aromatic heterocycles. The third-order valence-electron chi connectivity index (χ3n) is 3.41. The van der Waals surface area contributed by atoms with Crippen LogP contribution in [0.3, 0.4) is 0 Å². The van der Waals surface area contributed by atoms with Gasteiger partial charge in [0.25, 0.3) is 0 Å². The first kappa shape index (κ1) is 10.7. The maximum Gasteiger partial charge on any atom is 0.0522 e. The Hall–Kier alpha value is -0.830. The van der Waals surface area contributed by atoms with Gasteiger partial charge in [-0.2, -0.15) is 5.10 Å². The zero-order chi connectivity index (χ0) is 10.7. The molecule has 0 spiro atoms. The van der Waals surface area contributed by atoms with E-state index in [2.05, 4.69) is 11.3 Å². The van der Waals surface area contributed by atoms with Gasteiger partial charge in [0.2, 0.25) is 0 Å². The zero-order valence-corrected chi connectivity index (χ0v) is 9.58. The molecule has 84 valence electrons. The highest BCUT2D eigenvalue weighted by Gasteiger charge is 2.26. The molecule has 1 aliphatic rings. The van der Waals surface area contributed by atoms with Crippen molar-refractivity contribution < 1.29 is 0 Å². The van der Waals surface area contributed by atoms with Crippen molar-refractivity contribution >= 4 is 0 Å². The molecule has 15 heavy (non-hydrogen) atoms. The molecule has 0 bridgehead atoms. The van der Waals surface area contributed by atoms with Crippen molar-refractivity contribution in [1.29, 1.82) is 0 Å². The largest absolute Gasteiger partial charge is 0.325 e. The highest BCUT2D eigenvalue weighted by atomic mass is 15.2. The second kappa shape index (κ2) is 4.35. The number of rotatable bonds is 2. The zero-order valence-electron chi connectivity index (χ0n) is 9.58. The SMILES string of the molecule is Cn1cc(CC2(N)CCCCCC2)cn1. The molecule has 3 heteroatoms. The molecule has 0 aliphatic heterocycles. The van der Waals surface area contributed by atoms with E-state index in [9.17, 15) is 0 Å². The molecule has 1 heterocycles. The summed E-state index contributed by atoms with van der Waals surface area (Å²) < 4.78 is 1.86. The van der Waals surface area contributed by atoms with Crippen molar-refractivity contribution in [2.45, 2.75) is 50.5 Å². The molecule has 2 N–H and O–H groups in total. The van der Waals surface area contributed by atoms with Crippen molar-refractivity contribution in [3.05, 3.63) is 18.0 Å². The predicted octanol–water partition coefficient (Wildman–Crippen LogP) is 2.01. The standard InChI is InChI=1S/C12H21N3/c1-15-10-11(9-14-15)8-12(13)6-4-2-3-5-7-12/h9-10H,2-8,13H2,1H3. The molecule has 0 aromatic carbocycles. The first-order valence-corrected chi connectivity index (χ1v) is 5.94. The Labute approximate surface area is 91.7 Å². The molecule has 2 rings (SSSR count). The number of nitrogens with zero attached hydrogens (tertiary/aromatic N) is 2. The predicted molar refractivity (Wildman–Crippen MR) is 61.5 cm³/mol. The van der Waals surface area contributed by atoms with Crippen LogP contribution in [-0.4, -0.2) is 15.3 Å². The minimum absolute atomic E-state index is 0.0273. The molecule has 0 unspecified atom stereocenters.